The highest BCUT2D eigenvalue weighted by molar-refractivity contribution is 6.33. The van der Waals surface area contributed by atoms with Gasteiger partial charge in [-0.15, -0.1) is 0 Å². The summed E-state index contributed by atoms with van der Waals surface area (Å²) in [5.74, 6) is -0.162. The van der Waals surface area contributed by atoms with E-state index in [1.165, 1.54) is 6.07 Å². The molecule has 100 valence electrons. The molecule has 3 aromatic rings. The number of rotatable bonds is 2. The molecular weight excluding hydrogens is 279 g/mol. The second-order valence-electron chi connectivity index (χ2n) is 4.20. The Morgan fingerprint density at radius 1 is 1.15 bits per heavy atom. The number of H-pyrrole nitrogens is 1. The Balaban J connectivity index is 2.24. The van der Waals surface area contributed by atoms with Crippen molar-refractivity contribution in [2.45, 2.75) is 0 Å². The lowest BCUT2D eigenvalue weighted by Gasteiger charge is -2.06. The molecule has 0 bridgehead atoms. The first-order valence-electron chi connectivity index (χ1n) is 5.87. The van der Waals surface area contributed by atoms with Gasteiger partial charge in [0.15, 0.2) is 5.82 Å². The van der Waals surface area contributed by atoms with Crippen molar-refractivity contribution in [2.24, 2.45) is 0 Å². The number of aromatic nitrogens is 3. The Kier molecular flexibility index (Phi) is 3.12. The van der Waals surface area contributed by atoms with E-state index in [1.54, 1.807) is 36.7 Å². The van der Waals surface area contributed by atoms with Gasteiger partial charge in [0.2, 0.25) is 0 Å². The zero-order chi connectivity index (χ0) is 14.1. The van der Waals surface area contributed by atoms with Crippen LogP contribution in [0.25, 0.3) is 22.4 Å². The Bertz CT molecular complexity index is 755. The number of hydrogen-bond donors (Lipinski definition) is 2. The van der Waals surface area contributed by atoms with Gasteiger partial charge in [-0.2, -0.15) is 5.10 Å². The van der Waals surface area contributed by atoms with Gasteiger partial charge in [0.1, 0.15) is 5.82 Å². The largest absolute Gasteiger partial charge is 0.382 e. The number of nitrogens with one attached hydrogen (secondary N) is 1. The molecule has 0 aliphatic carbocycles. The molecule has 0 saturated heterocycles. The maximum absolute atomic E-state index is 13.6. The monoisotopic (exact) mass is 288 g/mol. The van der Waals surface area contributed by atoms with Gasteiger partial charge < -0.3 is 5.73 Å². The van der Waals surface area contributed by atoms with Crippen LogP contribution in [0.5, 0.6) is 0 Å². The average molecular weight is 289 g/mol. The minimum absolute atomic E-state index is 0.0338. The topological polar surface area (TPSA) is 67.6 Å². The molecule has 0 aliphatic heterocycles. The van der Waals surface area contributed by atoms with Crippen LogP contribution >= 0.6 is 11.6 Å². The van der Waals surface area contributed by atoms with Crippen molar-refractivity contribution in [1.29, 1.82) is 0 Å². The van der Waals surface area contributed by atoms with Crippen molar-refractivity contribution >= 4 is 17.4 Å². The predicted molar refractivity (Wildman–Crippen MR) is 76.6 cm³/mol. The van der Waals surface area contributed by atoms with Crippen LogP contribution in [0.4, 0.5) is 10.2 Å². The van der Waals surface area contributed by atoms with Gasteiger partial charge in [0.25, 0.3) is 0 Å². The maximum Gasteiger partial charge on any atom is 0.153 e. The minimum Gasteiger partial charge on any atom is -0.382 e. The zero-order valence-electron chi connectivity index (χ0n) is 10.3. The number of pyridine rings is 1. The molecule has 20 heavy (non-hydrogen) atoms. The van der Waals surface area contributed by atoms with Crippen LogP contribution in [-0.4, -0.2) is 15.2 Å². The highest BCUT2D eigenvalue weighted by Crippen LogP contribution is 2.38. The third kappa shape index (κ3) is 2.02. The number of nitrogens with two attached hydrogens (primary N) is 1. The highest BCUT2D eigenvalue weighted by atomic mass is 35.5. The summed E-state index contributed by atoms with van der Waals surface area (Å²) in [6.45, 7) is 0. The van der Waals surface area contributed by atoms with Crippen molar-refractivity contribution < 1.29 is 4.39 Å². The van der Waals surface area contributed by atoms with E-state index in [1.807, 2.05) is 0 Å². The second kappa shape index (κ2) is 4.94. The summed E-state index contributed by atoms with van der Waals surface area (Å²) in [5.41, 5.74) is 8.51. The first-order chi connectivity index (χ1) is 9.68. The molecule has 0 fully saturated rings. The van der Waals surface area contributed by atoms with Crippen molar-refractivity contribution in [1.82, 2.24) is 15.2 Å². The molecule has 0 amide bonds. The third-order valence-corrected chi connectivity index (χ3v) is 3.37. The molecule has 4 nitrogen and oxygen atoms in total. The SMILES string of the molecule is Nc1n[nH]c(-c2cccc(F)c2Cl)c1-c1ccncc1. The van der Waals surface area contributed by atoms with Crippen molar-refractivity contribution in [2.75, 3.05) is 5.73 Å². The summed E-state index contributed by atoms with van der Waals surface area (Å²) in [7, 11) is 0. The van der Waals surface area contributed by atoms with Crippen molar-refractivity contribution in [3.63, 3.8) is 0 Å². The van der Waals surface area contributed by atoms with Gasteiger partial charge in [-0.3, -0.25) is 10.1 Å². The van der Waals surface area contributed by atoms with Crippen LogP contribution in [0.2, 0.25) is 5.02 Å². The lowest BCUT2D eigenvalue weighted by atomic mass is 10.0. The van der Waals surface area contributed by atoms with E-state index in [4.69, 9.17) is 17.3 Å². The van der Waals surface area contributed by atoms with Crippen LogP contribution in [0.3, 0.4) is 0 Å². The Labute approximate surface area is 119 Å². The summed E-state index contributed by atoms with van der Waals surface area (Å²) in [6, 6.07) is 8.21. The highest BCUT2D eigenvalue weighted by Gasteiger charge is 2.18. The van der Waals surface area contributed by atoms with Crippen LogP contribution in [0, 0.1) is 5.82 Å². The number of aromatic amines is 1. The van der Waals surface area contributed by atoms with E-state index in [9.17, 15) is 4.39 Å². The number of nitrogens with zero attached hydrogens (tertiary/aromatic N) is 2. The average Bonchev–Trinajstić information content (AvgIpc) is 2.84. The summed E-state index contributed by atoms with van der Waals surface area (Å²) < 4.78 is 13.6. The molecule has 0 atom stereocenters. The standard InChI is InChI=1S/C14H10ClFN4/c15-12-9(2-1-3-10(12)16)13-11(14(17)20-19-13)8-4-6-18-7-5-8/h1-7H,(H3,17,19,20). The summed E-state index contributed by atoms with van der Waals surface area (Å²) in [4.78, 5) is 3.96. The first kappa shape index (κ1) is 12.6. The van der Waals surface area contributed by atoms with E-state index < -0.39 is 5.82 Å². The lowest BCUT2D eigenvalue weighted by molar-refractivity contribution is 0.628. The molecule has 0 unspecified atom stereocenters. The molecule has 0 radical (unpaired) electrons. The van der Waals surface area contributed by atoms with Crippen LogP contribution in [0.1, 0.15) is 0 Å². The Hall–Kier alpha value is -2.40. The molecule has 1 aromatic carbocycles. The zero-order valence-corrected chi connectivity index (χ0v) is 11.0. The molecule has 0 spiro atoms. The lowest BCUT2D eigenvalue weighted by Crippen LogP contribution is -1.90. The smallest absolute Gasteiger partial charge is 0.153 e. The Morgan fingerprint density at radius 3 is 2.65 bits per heavy atom. The summed E-state index contributed by atoms with van der Waals surface area (Å²) in [5, 5.41) is 6.84. The van der Waals surface area contributed by atoms with Gasteiger partial charge in [0.05, 0.1) is 16.3 Å². The van der Waals surface area contributed by atoms with Gasteiger partial charge >= 0.3 is 0 Å². The molecular formula is C14H10ClFN4. The number of anilines is 1. The number of benzene rings is 1. The van der Waals surface area contributed by atoms with Gasteiger partial charge in [-0.1, -0.05) is 23.7 Å². The van der Waals surface area contributed by atoms with Gasteiger partial charge in [-0.05, 0) is 23.8 Å². The fraction of sp³-hybridized carbons (Fsp3) is 0. The van der Waals surface area contributed by atoms with E-state index in [2.05, 4.69) is 15.2 Å². The van der Waals surface area contributed by atoms with E-state index >= 15 is 0 Å². The Morgan fingerprint density at radius 2 is 1.90 bits per heavy atom. The molecule has 3 N–H and O–H groups in total. The first-order valence-corrected chi connectivity index (χ1v) is 6.25. The van der Waals surface area contributed by atoms with Crippen molar-refractivity contribution in [3.8, 4) is 22.4 Å². The molecule has 3 rings (SSSR count). The van der Waals surface area contributed by atoms with Crippen LogP contribution in [-0.2, 0) is 0 Å². The van der Waals surface area contributed by atoms with E-state index in [-0.39, 0.29) is 5.02 Å². The normalized spacial score (nSPS) is 10.7. The molecule has 0 saturated carbocycles. The number of hydrogen-bond acceptors (Lipinski definition) is 3. The molecule has 2 heterocycles. The van der Waals surface area contributed by atoms with Gasteiger partial charge in [0, 0.05) is 18.0 Å². The third-order valence-electron chi connectivity index (χ3n) is 2.98. The second-order valence-corrected chi connectivity index (χ2v) is 4.57. The summed E-state index contributed by atoms with van der Waals surface area (Å²) >= 11 is 6.02. The number of nitrogen functional groups attached to an aromatic ring is 1. The van der Waals surface area contributed by atoms with Gasteiger partial charge in [-0.25, -0.2) is 4.39 Å². The minimum atomic E-state index is -0.488. The molecule has 2 aromatic heterocycles. The maximum atomic E-state index is 13.6. The van der Waals surface area contributed by atoms with E-state index in [0.717, 1.165) is 5.56 Å². The molecule has 0 aliphatic rings. The van der Waals surface area contributed by atoms with Crippen LogP contribution in [0.15, 0.2) is 42.7 Å². The van der Waals surface area contributed by atoms with Crippen LogP contribution < -0.4 is 5.73 Å². The quantitative estimate of drug-likeness (QED) is 0.758. The van der Waals surface area contributed by atoms with E-state index in [0.29, 0.717) is 22.6 Å². The molecule has 6 heteroatoms. The predicted octanol–water partition coefficient (Wildman–Crippen LogP) is 3.51. The number of halogens is 2. The summed E-state index contributed by atoms with van der Waals surface area (Å²) in [6.07, 6.45) is 3.30. The van der Waals surface area contributed by atoms with Crippen molar-refractivity contribution in [3.05, 3.63) is 53.6 Å². The fourth-order valence-corrected chi connectivity index (χ4v) is 2.28. The fourth-order valence-electron chi connectivity index (χ4n) is 2.06.